The van der Waals surface area contributed by atoms with Gasteiger partial charge in [-0.2, -0.15) is 0 Å². The van der Waals surface area contributed by atoms with Gasteiger partial charge in [0.05, 0.1) is 5.69 Å². The van der Waals surface area contributed by atoms with E-state index in [4.69, 9.17) is 11.6 Å². The third-order valence-corrected chi connectivity index (χ3v) is 2.43. The SMILES string of the molecule is FC(F)c1cc(Cl)c(OC(F)(F)F)nc1CBr. The number of pyridine rings is 1. The van der Waals surface area contributed by atoms with Crippen LogP contribution >= 0.6 is 27.5 Å². The molecule has 1 aromatic rings. The van der Waals surface area contributed by atoms with E-state index in [1.165, 1.54) is 0 Å². The summed E-state index contributed by atoms with van der Waals surface area (Å²) < 4.78 is 64.3. The number of aromatic nitrogens is 1. The van der Waals surface area contributed by atoms with Crippen LogP contribution in [0.2, 0.25) is 5.02 Å². The van der Waals surface area contributed by atoms with Crippen LogP contribution in [0.3, 0.4) is 0 Å². The molecule has 0 atom stereocenters. The molecule has 17 heavy (non-hydrogen) atoms. The summed E-state index contributed by atoms with van der Waals surface area (Å²) >= 11 is 8.21. The average molecular weight is 340 g/mol. The number of rotatable bonds is 3. The molecule has 0 saturated heterocycles. The zero-order chi connectivity index (χ0) is 13.2. The van der Waals surface area contributed by atoms with E-state index in [1.807, 2.05) is 0 Å². The molecule has 0 bridgehead atoms. The highest BCUT2D eigenvalue weighted by Gasteiger charge is 2.33. The Labute approximate surface area is 106 Å². The lowest BCUT2D eigenvalue weighted by atomic mass is 10.2. The maximum absolute atomic E-state index is 12.5. The van der Waals surface area contributed by atoms with Gasteiger partial charge in [-0.05, 0) is 6.07 Å². The van der Waals surface area contributed by atoms with Crippen LogP contribution in [0.15, 0.2) is 6.07 Å². The van der Waals surface area contributed by atoms with Crippen molar-refractivity contribution in [1.29, 1.82) is 0 Å². The normalized spacial score (nSPS) is 12.0. The van der Waals surface area contributed by atoms with Gasteiger partial charge in [-0.15, -0.1) is 13.2 Å². The van der Waals surface area contributed by atoms with Crippen molar-refractivity contribution in [3.63, 3.8) is 0 Å². The highest BCUT2D eigenvalue weighted by Crippen LogP contribution is 2.33. The molecule has 0 spiro atoms. The third kappa shape index (κ3) is 3.95. The Morgan fingerprint density at radius 3 is 2.41 bits per heavy atom. The van der Waals surface area contributed by atoms with Crippen molar-refractivity contribution in [1.82, 2.24) is 4.98 Å². The van der Waals surface area contributed by atoms with Gasteiger partial charge < -0.3 is 4.74 Å². The summed E-state index contributed by atoms with van der Waals surface area (Å²) in [5.74, 6) is -0.946. The van der Waals surface area contributed by atoms with Crippen LogP contribution in [-0.2, 0) is 5.33 Å². The first-order valence-electron chi connectivity index (χ1n) is 4.03. The maximum Gasteiger partial charge on any atom is 0.574 e. The molecule has 0 saturated carbocycles. The first-order valence-corrected chi connectivity index (χ1v) is 5.53. The van der Waals surface area contributed by atoms with Crippen LogP contribution in [-0.4, -0.2) is 11.3 Å². The molecule has 1 heterocycles. The minimum absolute atomic E-state index is 0.141. The number of nitrogens with zero attached hydrogens (tertiary/aromatic N) is 1. The quantitative estimate of drug-likeness (QED) is 0.598. The van der Waals surface area contributed by atoms with E-state index < -0.39 is 29.3 Å². The van der Waals surface area contributed by atoms with E-state index in [-0.39, 0.29) is 11.0 Å². The first-order chi connectivity index (χ1) is 7.74. The van der Waals surface area contributed by atoms with Crippen LogP contribution in [0.1, 0.15) is 17.7 Å². The summed E-state index contributed by atoms with van der Waals surface area (Å²) in [6.07, 6.45) is -7.86. The highest BCUT2D eigenvalue weighted by atomic mass is 79.9. The van der Waals surface area contributed by atoms with Gasteiger partial charge in [-0.3, -0.25) is 0 Å². The van der Waals surface area contributed by atoms with Crippen molar-refractivity contribution in [3.05, 3.63) is 22.3 Å². The number of ether oxygens (including phenoxy) is 1. The van der Waals surface area contributed by atoms with Gasteiger partial charge in [0.2, 0.25) is 5.88 Å². The van der Waals surface area contributed by atoms with Crippen LogP contribution in [0.4, 0.5) is 22.0 Å². The molecule has 0 amide bonds. The molecule has 0 aromatic carbocycles. The zero-order valence-corrected chi connectivity index (χ0v) is 10.2. The molecular formula is C8H4BrClF5NO. The number of hydrogen-bond acceptors (Lipinski definition) is 2. The molecule has 0 aliphatic carbocycles. The third-order valence-electron chi connectivity index (χ3n) is 1.63. The Morgan fingerprint density at radius 2 is 2.00 bits per heavy atom. The smallest absolute Gasteiger partial charge is 0.386 e. The molecule has 0 aliphatic heterocycles. The first kappa shape index (κ1) is 14.4. The fourth-order valence-corrected chi connectivity index (χ4v) is 1.65. The van der Waals surface area contributed by atoms with E-state index >= 15 is 0 Å². The van der Waals surface area contributed by atoms with Gasteiger partial charge in [-0.25, -0.2) is 13.8 Å². The second-order valence-electron chi connectivity index (χ2n) is 2.79. The van der Waals surface area contributed by atoms with Crippen LogP contribution in [0.25, 0.3) is 0 Å². The molecule has 2 nitrogen and oxygen atoms in total. The Bertz CT molecular complexity index is 412. The largest absolute Gasteiger partial charge is 0.574 e. The average Bonchev–Trinajstić information content (AvgIpc) is 2.18. The minimum atomic E-state index is -4.98. The Kier molecular flexibility index (Phi) is 4.54. The van der Waals surface area contributed by atoms with E-state index in [9.17, 15) is 22.0 Å². The number of hydrogen-bond donors (Lipinski definition) is 0. The molecule has 0 aliphatic rings. The van der Waals surface area contributed by atoms with Gasteiger partial charge in [0.15, 0.2) is 0 Å². The molecule has 1 rings (SSSR count). The van der Waals surface area contributed by atoms with E-state index in [2.05, 4.69) is 25.7 Å². The van der Waals surface area contributed by atoms with Crippen molar-refractivity contribution >= 4 is 27.5 Å². The lowest BCUT2D eigenvalue weighted by Gasteiger charge is -2.12. The van der Waals surface area contributed by atoms with Crippen molar-refractivity contribution < 1.29 is 26.7 Å². The molecule has 96 valence electrons. The van der Waals surface area contributed by atoms with E-state index in [1.54, 1.807) is 0 Å². The van der Waals surface area contributed by atoms with Crippen LogP contribution < -0.4 is 4.74 Å². The molecular weight excluding hydrogens is 336 g/mol. The summed E-state index contributed by atoms with van der Waals surface area (Å²) in [4.78, 5) is 3.30. The predicted molar refractivity (Wildman–Crippen MR) is 53.5 cm³/mol. The van der Waals surface area contributed by atoms with Crippen LogP contribution in [0, 0.1) is 0 Å². The zero-order valence-electron chi connectivity index (χ0n) is 7.86. The summed E-state index contributed by atoms with van der Waals surface area (Å²) in [5, 5.41) is -0.764. The van der Waals surface area contributed by atoms with Crippen molar-refractivity contribution in [2.75, 3.05) is 0 Å². The summed E-state index contributed by atoms with van der Waals surface area (Å²) in [5.41, 5.74) is -0.801. The monoisotopic (exact) mass is 339 g/mol. The van der Waals surface area contributed by atoms with Crippen molar-refractivity contribution in [3.8, 4) is 5.88 Å². The second-order valence-corrected chi connectivity index (χ2v) is 3.76. The Balaban J connectivity index is 3.18. The summed E-state index contributed by atoms with van der Waals surface area (Å²) in [6.45, 7) is 0. The lowest BCUT2D eigenvalue weighted by Crippen LogP contribution is -2.18. The van der Waals surface area contributed by atoms with E-state index in [0.717, 1.165) is 0 Å². The van der Waals surface area contributed by atoms with Gasteiger partial charge in [0.25, 0.3) is 6.43 Å². The topological polar surface area (TPSA) is 22.1 Å². The fourth-order valence-electron chi connectivity index (χ4n) is 0.999. The van der Waals surface area contributed by atoms with Gasteiger partial charge >= 0.3 is 6.36 Å². The Hall–Kier alpha value is -0.630. The number of alkyl halides is 6. The number of halogens is 7. The minimum Gasteiger partial charge on any atom is -0.386 e. The summed E-state index contributed by atoms with van der Waals surface area (Å²) in [6, 6.07) is 0.705. The second kappa shape index (κ2) is 5.34. The fraction of sp³-hybridized carbons (Fsp3) is 0.375. The molecule has 0 fully saturated rings. The van der Waals surface area contributed by atoms with Crippen molar-refractivity contribution in [2.24, 2.45) is 0 Å². The Morgan fingerprint density at radius 1 is 1.41 bits per heavy atom. The molecule has 0 N–H and O–H groups in total. The van der Waals surface area contributed by atoms with Gasteiger partial charge in [0, 0.05) is 10.9 Å². The molecule has 0 radical (unpaired) electrons. The predicted octanol–water partition coefficient (Wildman–Crippen LogP) is 4.47. The van der Waals surface area contributed by atoms with Crippen LogP contribution in [0.5, 0.6) is 5.88 Å². The van der Waals surface area contributed by atoms with Crippen molar-refractivity contribution in [2.45, 2.75) is 18.1 Å². The standard InChI is InChI=1S/C8H4BrClF5NO/c9-2-5-3(6(11)12)1-4(10)7(16-5)17-8(13,14)15/h1,6H,2H2. The van der Waals surface area contributed by atoms with Gasteiger partial charge in [-0.1, -0.05) is 27.5 Å². The maximum atomic E-state index is 12.5. The van der Waals surface area contributed by atoms with Gasteiger partial charge in [0.1, 0.15) is 5.02 Å². The molecule has 9 heteroatoms. The van der Waals surface area contributed by atoms with E-state index in [0.29, 0.717) is 6.07 Å². The molecule has 1 aromatic heterocycles. The molecule has 0 unspecified atom stereocenters. The lowest BCUT2D eigenvalue weighted by molar-refractivity contribution is -0.276. The highest BCUT2D eigenvalue weighted by molar-refractivity contribution is 9.08. The summed E-state index contributed by atoms with van der Waals surface area (Å²) in [7, 11) is 0.